The highest BCUT2D eigenvalue weighted by molar-refractivity contribution is 14.0. The number of rotatable bonds is 12. The van der Waals surface area contributed by atoms with Gasteiger partial charge in [-0.3, -0.25) is 0 Å². The summed E-state index contributed by atoms with van der Waals surface area (Å²) in [5.41, 5.74) is 0.952. The van der Waals surface area contributed by atoms with Crippen molar-refractivity contribution in [1.29, 1.82) is 0 Å². The van der Waals surface area contributed by atoms with Crippen molar-refractivity contribution in [2.24, 2.45) is 10.9 Å². The molecule has 0 saturated heterocycles. The SMILES string of the molecule is CCNC(=NCc1ccc(S(=O)(=O)N(C)C(C)C)cc1)NCCC(OCC)C(C)C.I. The van der Waals surface area contributed by atoms with Crippen LogP contribution in [0.2, 0.25) is 0 Å². The molecule has 1 aromatic rings. The Hall–Kier alpha value is -0.910. The molecule has 0 aromatic heterocycles. The van der Waals surface area contributed by atoms with Crippen LogP contribution in [-0.2, 0) is 21.3 Å². The number of aliphatic imine (C=N–C) groups is 1. The fraction of sp³-hybridized carbons (Fsp3) is 0.682. The van der Waals surface area contributed by atoms with Gasteiger partial charge in [0.15, 0.2) is 5.96 Å². The van der Waals surface area contributed by atoms with Crippen molar-refractivity contribution in [2.45, 2.75) is 71.5 Å². The van der Waals surface area contributed by atoms with Gasteiger partial charge in [-0.05, 0) is 57.7 Å². The van der Waals surface area contributed by atoms with Gasteiger partial charge in [0.05, 0.1) is 17.5 Å². The van der Waals surface area contributed by atoms with Crippen LogP contribution < -0.4 is 10.6 Å². The molecule has 0 spiro atoms. The van der Waals surface area contributed by atoms with E-state index >= 15 is 0 Å². The second-order valence-corrected chi connectivity index (χ2v) is 9.90. The van der Waals surface area contributed by atoms with Gasteiger partial charge in [-0.2, -0.15) is 4.31 Å². The lowest BCUT2D eigenvalue weighted by atomic mass is 10.0. The number of halogens is 1. The Morgan fingerprint density at radius 2 is 1.71 bits per heavy atom. The number of guanidine groups is 1. The molecule has 0 fully saturated rings. The third-order valence-electron chi connectivity index (χ3n) is 4.94. The summed E-state index contributed by atoms with van der Waals surface area (Å²) in [6, 6.07) is 6.84. The van der Waals surface area contributed by atoms with Gasteiger partial charge in [0.1, 0.15) is 0 Å². The van der Waals surface area contributed by atoms with E-state index in [2.05, 4.69) is 29.5 Å². The molecule has 0 radical (unpaired) electrons. The second kappa shape index (κ2) is 15.0. The number of nitrogens with one attached hydrogen (secondary N) is 2. The number of ether oxygens (including phenoxy) is 1. The van der Waals surface area contributed by atoms with Crippen molar-refractivity contribution < 1.29 is 13.2 Å². The maximum Gasteiger partial charge on any atom is 0.243 e. The lowest BCUT2D eigenvalue weighted by Crippen LogP contribution is -2.39. The first-order chi connectivity index (χ1) is 14.1. The Balaban J connectivity index is 0.00000900. The first-order valence-electron chi connectivity index (χ1n) is 10.8. The Labute approximate surface area is 206 Å². The topological polar surface area (TPSA) is 83.0 Å². The largest absolute Gasteiger partial charge is 0.378 e. The van der Waals surface area contributed by atoms with Crippen molar-refractivity contribution >= 4 is 40.0 Å². The Morgan fingerprint density at radius 1 is 1.10 bits per heavy atom. The number of benzene rings is 1. The maximum absolute atomic E-state index is 12.6. The van der Waals surface area contributed by atoms with Crippen LogP contribution in [0.1, 0.15) is 53.5 Å². The minimum Gasteiger partial charge on any atom is -0.378 e. The number of hydrogen-bond donors (Lipinski definition) is 2. The summed E-state index contributed by atoms with van der Waals surface area (Å²) >= 11 is 0. The molecule has 2 N–H and O–H groups in total. The van der Waals surface area contributed by atoms with Crippen molar-refractivity contribution in [3.8, 4) is 0 Å². The van der Waals surface area contributed by atoms with Gasteiger partial charge in [-0.25, -0.2) is 13.4 Å². The summed E-state index contributed by atoms with van der Waals surface area (Å²) in [6.07, 6.45) is 1.13. The Bertz CT molecular complexity index is 753. The minimum absolute atomic E-state index is 0. The van der Waals surface area contributed by atoms with E-state index in [0.717, 1.165) is 37.6 Å². The molecule has 0 bridgehead atoms. The summed E-state index contributed by atoms with van der Waals surface area (Å²) in [6.45, 7) is 14.8. The summed E-state index contributed by atoms with van der Waals surface area (Å²) in [7, 11) is -1.87. The molecule has 0 heterocycles. The molecular formula is C22H41IN4O3S. The van der Waals surface area contributed by atoms with Crippen LogP contribution >= 0.6 is 24.0 Å². The third-order valence-corrected chi connectivity index (χ3v) is 6.98. The third kappa shape index (κ3) is 10.0. The van der Waals surface area contributed by atoms with Crippen LogP contribution in [-0.4, -0.2) is 57.6 Å². The van der Waals surface area contributed by atoms with Crippen LogP contribution in [0.3, 0.4) is 0 Å². The van der Waals surface area contributed by atoms with Crippen molar-refractivity contribution in [2.75, 3.05) is 26.7 Å². The van der Waals surface area contributed by atoms with E-state index in [0.29, 0.717) is 17.4 Å². The molecule has 1 rings (SSSR count). The molecule has 180 valence electrons. The molecule has 1 aromatic carbocycles. The van der Waals surface area contributed by atoms with Gasteiger partial charge in [-0.1, -0.05) is 26.0 Å². The van der Waals surface area contributed by atoms with Gasteiger partial charge < -0.3 is 15.4 Å². The minimum atomic E-state index is -3.47. The fourth-order valence-electron chi connectivity index (χ4n) is 2.88. The zero-order valence-electron chi connectivity index (χ0n) is 20.0. The normalized spacial score (nSPS) is 13.4. The van der Waals surface area contributed by atoms with Gasteiger partial charge >= 0.3 is 0 Å². The van der Waals surface area contributed by atoms with Gasteiger partial charge in [0, 0.05) is 32.8 Å². The van der Waals surface area contributed by atoms with E-state index in [1.807, 2.05) is 39.8 Å². The average molecular weight is 569 g/mol. The van der Waals surface area contributed by atoms with Crippen molar-refractivity contribution in [1.82, 2.24) is 14.9 Å². The van der Waals surface area contributed by atoms with Gasteiger partial charge in [-0.15, -0.1) is 24.0 Å². The summed E-state index contributed by atoms with van der Waals surface area (Å²) < 4.78 is 32.3. The Morgan fingerprint density at radius 3 is 2.19 bits per heavy atom. The molecule has 7 nitrogen and oxygen atoms in total. The van der Waals surface area contributed by atoms with E-state index in [9.17, 15) is 8.42 Å². The molecule has 31 heavy (non-hydrogen) atoms. The number of hydrogen-bond acceptors (Lipinski definition) is 4. The quantitative estimate of drug-likeness (QED) is 0.228. The monoisotopic (exact) mass is 568 g/mol. The smallest absolute Gasteiger partial charge is 0.243 e. The first-order valence-corrected chi connectivity index (χ1v) is 12.3. The molecule has 0 saturated carbocycles. The molecule has 1 atom stereocenters. The highest BCUT2D eigenvalue weighted by Gasteiger charge is 2.22. The molecular weight excluding hydrogens is 527 g/mol. The lowest BCUT2D eigenvalue weighted by Gasteiger charge is -2.21. The van der Waals surface area contributed by atoms with E-state index in [4.69, 9.17) is 4.74 Å². The van der Waals surface area contributed by atoms with Crippen LogP contribution in [0.5, 0.6) is 0 Å². The standard InChI is InChI=1S/C22H40N4O3S.HI/c1-8-23-22(24-15-14-21(17(3)4)29-9-2)25-16-19-10-12-20(13-11-19)30(27,28)26(7)18(5)6;/h10-13,17-18,21H,8-9,14-16H2,1-7H3,(H2,23,24,25);1H. The molecule has 0 amide bonds. The first kappa shape index (κ1) is 30.1. The molecule has 0 aliphatic heterocycles. The maximum atomic E-state index is 12.6. The van der Waals surface area contributed by atoms with Gasteiger partial charge in [0.2, 0.25) is 10.0 Å². The van der Waals surface area contributed by atoms with E-state index in [1.165, 1.54) is 4.31 Å². The Kier molecular flexibility index (Phi) is 14.6. The van der Waals surface area contributed by atoms with Crippen molar-refractivity contribution in [3.63, 3.8) is 0 Å². The predicted octanol–water partition coefficient (Wildman–Crippen LogP) is 3.84. The van der Waals surface area contributed by atoms with Crippen LogP contribution in [0.25, 0.3) is 0 Å². The van der Waals surface area contributed by atoms with Crippen LogP contribution in [0, 0.1) is 5.92 Å². The second-order valence-electron chi connectivity index (χ2n) is 7.91. The van der Waals surface area contributed by atoms with Gasteiger partial charge in [0.25, 0.3) is 0 Å². The predicted molar refractivity (Wildman–Crippen MR) is 140 cm³/mol. The van der Waals surface area contributed by atoms with E-state index in [1.54, 1.807) is 19.2 Å². The zero-order chi connectivity index (χ0) is 22.7. The number of sulfonamides is 1. The molecule has 0 aliphatic rings. The van der Waals surface area contributed by atoms with Crippen molar-refractivity contribution in [3.05, 3.63) is 29.8 Å². The highest BCUT2D eigenvalue weighted by atomic mass is 127. The van der Waals surface area contributed by atoms with E-state index < -0.39 is 10.0 Å². The molecule has 1 unspecified atom stereocenters. The van der Waals surface area contributed by atoms with E-state index in [-0.39, 0.29) is 36.1 Å². The summed E-state index contributed by atoms with van der Waals surface area (Å²) in [5, 5.41) is 6.60. The average Bonchev–Trinajstić information content (AvgIpc) is 2.70. The van der Waals surface area contributed by atoms with Crippen LogP contribution in [0.4, 0.5) is 0 Å². The van der Waals surface area contributed by atoms with Crippen LogP contribution in [0.15, 0.2) is 34.2 Å². The molecule has 9 heteroatoms. The summed E-state index contributed by atoms with van der Waals surface area (Å²) in [4.78, 5) is 4.92. The molecule has 0 aliphatic carbocycles. The zero-order valence-corrected chi connectivity index (χ0v) is 23.2. The summed E-state index contributed by atoms with van der Waals surface area (Å²) in [5.74, 6) is 1.21. The lowest BCUT2D eigenvalue weighted by molar-refractivity contribution is 0.0258. The fourth-order valence-corrected chi connectivity index (χ4v) is 4.25. The number of nitrogens with zero attached hydrogens (tertiary/aromatic N) is 2. The highest BCUT2D eigenvalue weighted by Crippen LogP contribution is 2.17.